The molecule has 0 radical (unpaired) electrons. The lowest BCUT2D eigenvalue weighted by Crippen LogP contribution is -2.58. The predicted molar refractivity (Wildman–Crippen MR) is 112 cm³/mol. The fourth-order valence-corrected chi connectivity index (χ4v) is 4.79. The Morgan fingerprint density at radius 3 is 2.50 bits per heavy atom. The van der Waals surface area contributed by atoms with Gasteiger partial charge in [0.05, 0.1) is 7.11 Å². The molecule has 2 N–H and O–H groups in total. The average molecular weight is 392 g/mol. The number of phenolic OH excluding ortho intramolecular Hbond substituents is 1. The van der Waals surface area contributed by atoms with Gasteiger partial charge in [0.25, 0.3) is 0 Å². The second kappa shape index (κ2) is 9.92. The number of rotatable bonds is 7. The smallest absolute Gasteiger partial charge is 0.160 e. The molecule has 2 aliphatic heterocycles. The van der Waals surface area contributed by atoms with Gasteiger partial charge in [0.15, 0.2) is 11.5 Å². The van der Waals surface area contributed by atoms with Gasteiger partial charge in [0.2, 0.25) is 0 Å². The predicted octanol–water partition coefficient (Wildman–Crippen LogP) is 2.14. The number of aromatic hydroxyl groups is 1. The second-order valence-corrected chi connectivity index (χ2v) is 8.51. The Kier molecular flexibility index (Phi) is 7.57. The number of nitrogens with zero attached hydrogens (tertiary/aromatic N) is 3. The number of phenols is 1. The van der Waals surface area contributed by atoms with Crippen molar-refractivity contribution in [1.29, 1.82) is 0 Å². The lowest BCUT2D eigenvalue weighted by Gasteiger charge is -2.48. The summed E-state index contributed by atoms with van der Waals surface area (Å²) < 4.78 is 5.14. The molecule has 1 aromatic carbocycles. The molecule has 3 rings (SSSR count). The molecule has 6 heteroatoms. The lowest BCUT2D eigenvalue weighted by molar-refractivity contribution is -0.0000423. The Labute approximate surface area is 169 Å². The maximum Gasteiger partial charge on any atom is 0.160 e. The fourth-order valence-electron chi connectivity index (χ4n) is 4.79. The first-order valence-electron chi connectivity index (χ1n) is 10.7. The van der Waals surface area contributed by atoms with E-state index in [0.29, 0.717) is 23.9 Å². The van der Waals surface area contributed by atoms with E-state index in [2.05, 4.69) is 28.5 Å². The minimum atomic E-state index is 0.197. The molecule has 0 aromatic heterocycles. The summed E-state index contributed by atoms with van der Waals surface area (Å²) in [4.78, 5) is 7.68. The Balaban J connectivity index is 1.59. The first-order valence-corrected chi connectivity index (χ1v) is 10.7. The Bertz CT molecular complexity index is 617. The number of piperidine rings is 1. The van der Waals surface area contributed by atoms with Gasteiger partial charge in [0, 0.05) is 50.9 Å². The Hall–Kier alpha value is -1.34. The molecule has 28 heavy (non-hydrogen) atoms. The van der Waals surface area contributed by atoms with Gasteiger partial charge in [-0.3, -0.25) is 9.80 Å². The van der Waals surface area contributed by atoms with Gasteiger partial charge in [-0.05, 0) is 63.9 Å². The molecule has 0 aliphatic carbocycles. The highest BCUT2D eigenvalue weighted by Gasteiger charge is 2.33. The molecule has 2 fully saturated rings. The number of hydrogen-bond donors (Lipinski definition) is 2. The number of piperazine rings is 1. The minimum Gasteiger partial charge on any atom is -0.504 e. The number of likely N-dealkylation sites (tertiary alicyclic amines) is 1. The monoisotopic (exact) mass is 391 g/mol. The van der Waals surface area contributed by atoms with Gasteiger partial charge < -0.3 is 19.8 Å². The highest BCUT2D eigenvalue weighted by Crippen LogP contribution is 2.28. The normalized spacial score (nSPS) is 23.4. The van der Waals surface area contributed by atoms with E-state index in [-0.39, 0.29) is 12.4 Å². The van der Waals surface area contributed by atoms with Crippen molar-refractivity contribution in [2.45, 2.75) is 57.8 Å². The van der Waals surface area contributed by atoms with E-state index in [1.165, 1.54) is 25.9 Å². The molecule has 2 saturated heterocycles. The summed E-state index contributed by atoms with van der Waals surface area (Å²) in [6.45, 7) is 11.0. The van der Waals surface area contributed by atoms with Crippen LogP contribution in [0.3, 0.4) is 0 Å². The van der Waals surface area contributed by atoms with Crippen molar-refractivity contribution >= 4 is 0 Å². The van der Waals surface area contributed by atoms with Gasteiger partial charge in [-0.15, -0.1) is 0 Å². The van der Waals surface area contributed by atoms with E-state index in [1.54, 1.807) is 13.2 Å². The van der Waals surface area contributed by atoms with Crippen LogP contribution in [0, 0.1) is 0 Å². The highest BCUT2D eigenvalue weighted by molar-refractivity contribution is 5.41. The molecule has 0 bridgehead atoms. The van der Waals surface area contributed by atoms with Crippen molar-refractivity contribution in [3.8, 4) is 11.5 Å². The Morgan fingerprint density at radius 1 is 1.14 bits per heavy atom. The maximum atomic E-state index is 10.0. The molecular weight excluding hydrogens is 354 g/mol. The van der Waals surface area contributed by atoms with E-state index in [1.807, 2.05) is 12.1 Å². The van der Waals surface area contributed by atoms with Gasteiger partial charge in [0.1, 0.15) is 0 Å². The zero-order valence-electron chi connectivity index (χ0n) is 17.7. The summed E-state index contributed by atoms with van der Waals surface area (Å²) in [7, 11) is 1.57. The fraction of sp³-hybridized carbons (Fsp3) is 0.727. The standard InChI is InChI=1S/C22H37N3O3/c1-17(2)24-9-6-19(7-10-24)25-12-11-23(16-20(25)8-13-26)15-18-4-5-22(28-3)21(27)14-18/h4-5,14,17,19-20,26-27H,6-13,15-16H2,1-3H3/t20-/m0/s1. The molecule has 158 valence electrons. The number of hydrogen-bond acceptors (Lipinski definition) is 6. The maximum absolute atomic E-state index is 10.0. The van der Waals surface area contributed by atoms with Crippen LogP contribution in [0.15, 0.2) is 18.2 Å². The van der Waals surface area contributed by atoms with Crippen LogP contribution >= 0.6 is 0 Å². The summed E-state index contributed by atoms with van der Waals surface area (Å²) in [5.74, 6) is 0.710. The van der Waals surface area contributed by atoms with Gasteiger partial charge in [-0.1, -0.05) is 6.07 Å². The number of aliphatic hydroxyl groups is 1. The van der Waals surface area contributed by atoms with Crippen molar-refractivity contribution < 1.29 is 14.9 Å². The number of methoxy groups -OCH3 is 1. The van der Waals surface area contributed by atoms with Crippen LogP contribution in [0.25, 0.3) is 0 Å². The third-order valence-electron chi connectivity index (χ3n) is 6.42. The van der Waals surface area contributed by atoms with E-state index in [0.717, 1.165) is 38.2 Å². The van der Waals surface area contributed by atoms with Crippen LogP contribution in [0.1, 0.15) is 38.7 Å². The third kappa shape index (κ3) is 5.17. The topological polar surface area (TPSA) is 59.4 Å². The van der Waals surface area contributed by atoms with Crippen molar-refractivity contribution in [3.05, 3.63) is 23.8 Å². The zero-order chi connectivity index (χ0) is 20.1. The van der Waals surface area contributed by atoms with Crippen molar-refractivity contribution in [2.75, 3.05) is 46.4 Å². The number of benzene rings is 1. The molecule has 2 aliphatic rings. The zero-order valence-corrected chi connectivity index (χ0v) is 17.7. The molecule has 0 saturated carbocycles. The van der Waals surface area contributed by atoms with Crippen LogP contribution in [-0.2, 0) is 6.54 Å². The quantitative estimate of drug-likeness (QED) is 0.743. The summed E-state index contributed by atoms with van der Waals surface area (Å²) in [5.41, 5.74) is 1.10. The highest BCUT2D eigenvalue weighted by atomic mass is 16.5. The molecule has 0 spiro atoms. The van der Waals surface area contributed by atoms with E-state index < -0.39 is 0 Å². The molecule has 0 unspecified atom stereocenters. The van der Waals surface area contributed by atoms with Crippen LogP contribution < -0.4 is 4.74 Å². The van der Waals surface area contributed by atoms with Crippen LogP contribution in [-0.4, -0.2) is 89.5 Å². The van der Waals surface area contributed by atoms with Crippen LogP contribution in [0.4, 0.5) is 0 Å². The summed E-state index contributed by atoms with van der Waals surface area (Å²) >= 11 is 0. The van der Waals surface area contributed by atoms with Crippen molar-refractivity contribution in [3.63, 3.8) is 0 Å². The average Bonchev–Trinajstić information content (AvgIpc) is 2.69. The summed E-state index contributed by atoms with van der Waals surface area (Å²) in [6, 6.07) is 7.32. The summed E-state index contributed by atoms with van der Waals surface area (Å²) in [5, 5.41) is 19.7. The first kappa shape index (κ1) is 21.4. The third-order valence-corrected chi connectivity index (χ3v) is 6.42. The lowest BCUT2D eigenvalue weighted by atomic mass is 9.97. The molecule has 1 atom stereocenters. The summed E-state index contributed by atoms with van der Waals surface area (Å²) in [6.07, 6.45) is 3.29. The van der Waals surface area contributed by atoms with E-state index >= 15 is 0 Å². The first-order chi connectivity index (χ1) is 13.5. The van der Waals surface area contributed by atoms with Gasteiger partial charge in [-0.25, -0.2) is 0 Å². The van der Waals surface area contributed by atoms with Crippen molar-refractivity contribution in [1.82, 2.24) is 14.7 Å². The van der Waals surface area contributed by atoms with Crippen LogP contribution in [0.2, 0.25) is 0 Å². The molecule has 1 aromatic rings. The second-order valence-electron chi connectivity index (χ2n) is 8.51. The SMILES string of the molecule is COc1ccc(CN2CCN(C3CCN(C(C)C)CC3)[C@@H](CCO)C2)cc1O. The minimum absolute atomic E-state index is 0.197. The number of aliphatic hydroxyl groups excluding tert-OH is 1. The largest absolute Gasteiger partial charge is 0.504 e. The number of ether oxygens (including phenoxy) is 1. The van der Waals surface area contributed by atoms with Crippen LogP contribution in [0.5, 0.6) is 11.5 Å². The van der Waals surface area contributed by atoms with Gasteiger partial charge in [-0.2, -0.15) is 0 Å². The molecule has 2 heterocycles. The molecule has 6 nitrogen and oxygen atoms in total. The van der Waals surface area contributed by atoms with Gasteiger partial charge >= 0.3 is 0 Å². The Morgan fingerprint density at radius 2 is 1.89 bits per heavy atom. The van der Waals surface area contributed by atoms with E-state index in [4.69, 9.17) is 4.74 Å². The van der Waals surface area contributed by atoms with Crippen molar-refractivity contribution in [2.24, 2.45) is 0 Å². The van der Waals surface area contributed by atoms with E-state index in [9.17, 15) is 10.2 Å². The molecular formula is C22H37N3O3. The molecule has 0 amide bonds.